The molecule has 1 aliphatic heterocycles. The summed E-state index contributed by atoms with van der Waals surface area (Å²) >= 11 is 0. The molecule has 2 heterocycles. The summed E-state index contributed by atoms with van der Waals surface area (Å²) in [4.78, 5) is 0. The molecular weight excluding hydrogens is 198 g/mol. The lowest BCUT2D eigenvalue weighted by molar-refractivity contribution is 0.535. The Kier molecular flexibility index (Phi) is 2.96. The number of nitrogens with one attached hydrogen (secondary N) is 1. The van der Waals surface area contributed by atoms with E-state index in [-0.39, 0.29) is 5.41 Å². The van der Waals surface area contributed by atoms with Crippen LogP contribution in [0.1, 0.15) is 51.8 Å². The molecule has 1 N–H and O–H groups in total. The summed E-state index contributed by atoms with van der Waals surface area (Å²) in [6, 6.07) is 0. The Bertz CT molecular complexity index is 371. The average molecular weight is 221 g/mol. The van der Waals surface area contributed by atoms with Crippen molar-refractivity contribution in [2.24, 2.45) is 0 Å². The minimum Gasteiger partial charge on any atom is -0.370 e. The second kappa shape index (κ2) is 4.11. The molecular formula is C13H23N3. The molecule has 0 saturated carbocycles. The van der Waals surface area contributed by atoms with Gasteiger partial charge >= 0.3 is 0 Å². The molecule has 1 aromatic rings. The Morgan fingerprint density at radius 2 is 2.06 bits per heavy atom. The van der Waals surface area contributed by atoms with Crippen molar-refractivity contribution in [2.45, 2.75) is 58.9 Å². The zero-order valence-corrected chi connectivity index (χ0v) is 10.9. The molecule has 2 rings (SSSR count). The summed E-state index contributed by atoms with van der Waals surface area (Å²) in [5.41, 5.74) is 2.88. The Morgan fingerprint density at radius 1 is 1.31 bits per heavy atom. The molecule has 0 amide bonds. The Morgan fingerprint density at radius 3 is 2.69 bits per heavy atom. The van der Waals surface area contributed by atoms with Gasteiger partial charge in [0, 0.05) is 24.1 Å². The van der Waals surface area contributed by atoms with E-state index in [9.17, 15) is 0 Å². The van der Waals surface area contributed by atoms with Crippen LogP contribution in [0.2, 0.25) is 0 Å². The number of aryl methyl sites for hydroxylation is 1. The maximum atomic E-state index is 4.78. The van der Waals surface area contributed by atoms with Gasteiger partial charge < -0.3 is 5.32 Å². The molecule has 3 nitrogen and oxygen atoms in total. The second-order valence-electron chi connectivity index (χ2n) is 5.63. The zero-order chi connectivity index (χ0) is 11.8. The third-order valence-corrected chi connectivity index (χ3v) is 3.21. The standard InChI is InChI=1S/C13H23N3/c1-5-16-12-10(8-6-7-9-14-12)11(15-16)13(2,3)4/h14H,5-9H2,1-4H3. The van der Waals surface area contributed by atoms with E-state index in [0.717, 1.165) is 13.1 Å². The number of anilines is 1. The molecule has 0 bridgehead atoms. The Labute approximate surface area is 98.2 Å². The lowest BCUT2D eigenvalue weighted by atomic mass is 9.88. The molecule has 0 unspecified atom stereocenters. The van der Waals surface area contributed by atoms with Gasteiger partial charge in [0.2, 0.25) is 0 Å². The summed E-state index contributed by atoms with van der Waals surface area (Å²) in [7, 11) is 0. The van der Waals surface area contributed by atoms with Crippen LogP contribution in [0.25, 0.3) is 0 Å². The fourth-order valence-corrected chi connectivity index (χ4v) is 2.40. The van der Waals surface area contributed by atoms with Gasteiger partial charge in [0.05, 0.1) is 5.69 Å². The number of rotatable bonds is 1. The van der Waals surface area contributed by atoms with Crippen LogP contribution in [0, 0.1) is 0 Å². The lowest BCUT2D eigenvalue weighted by Crippen LogP contribution is -2.15. The largest absolute Gasteiger partial charge is 0.370 e. The summed E-state index contributed by atoms with van der Waals surface area (Å²) in [5, 5.41) is 8.32. The van der Waals surface area contributed by atoms with E-state index in [1.54, 1.807) is 0 Å². The molecule has 0 aliphatic carbocycles. The van der Waals surface area contributed by atoms with Gasteiger partial charge in [-0.15, -0.1) is 0 Å². The number of hydrogen-bond acceptors (Lipinski definition) is 2. The normalized spacial score (nSPS) is 16.5. The van der Waals surface area contributed by atoms with Gasteiger partial charge in [0.15, 0.2) is 0 Å². The highest BCUT2D eigenvalue weighted by Gasteiger charge is 2.26. The quantitative estimate of drug-likeness (QED) is 0.790. The predicted molar refractivity (Wildman–Crippen MR) is 68.0 cm³/mol. The molecule has 1 aliphatic rings. The van der Waals surface area contributed by atoms with Crippen LogP contribution in [0.3, 0.4) is 0 Å². The van der Waals surface area contributed by atoms with Crippen LogP contribution < -0.4 is 5.32 Å². The molecule has 0 spiro atoms. The fraction of sp³-hybridized carbons (Fsp3) is 0.769. The van der Waals surface area contributed by atoms with E-state index in [1.165, 1.54) is 36.3 Å². The number of nitrogens with zero attached hydrogens (tertiary/aromatic N) is 2. The van der Waals surface area contributed by atoms with Gasteiger partial charge in [0.1, 0.15) is 5.82 Å². The molecule has 16 heavy (non-hydrogen) atoms. The Hall–Kier alpha value is -0.990. The van der Waals surface area contributed by atoms with E-state index in [4.69, 9.17) is 5.10 Å². The Balaban J connectivity index is 2.50. The summed E-state index contributed by atoms with van der Waals surface area (Å²) in [6.45, 7) is 10.9. The molecule has 0 atom stereocenters. The van der Waals surface area contributed by atoms with Crippen molar-refractivity contribution >= 4 is 5.82 Å². The highest BCUT2D eigenvalue weighted by atomic mass is 15.3. The summed E-state index contributed by atoms with van der Waals surface area (Å²) in [6.07, 6.45) is 3.72. The zero-order valence-electron chi connectivity index (χ0n) is 10.9. The summed E-state index contributed by atoms with van der Waals surface area (Å²) < 4.78 is 2.13. The minimum absolute atomic E-state index is 0.149. The van der Waals surface area contributed by atoms with Crippen molar-refractivity contribution in [2.75, 3.05) is 11.9 Å². The van der Waals surface area contributed by atoms with Crippen molar-refractivity contribution in [3.8, 4) is 0 Å². The van der Waals surface area contributed by atoms with Crippen molar-refractivity contribution in [3.63, 3.8) is 0 Å². The third kappa shape index (κ3) is 1.95. The van der Waals surface area contributed by atoms with E-state index in [0.29, 0.717) is 0 Å². The van der Waals surface area contributed by atoms with E-state index >= 15 is 0 Å². The van der Waals surface area contributed by atoms with Gasteiger partial charge in [-0.25, -0.2) is 4.68 Å². The van der Waals surface area contributed by atoms with Gasteiger partial charge in [-0.05, 0) is 26.2 Å². The van der Waals surface area contributed by atoms with E-state index < -0.39 is 0 Å². The topological polar surface area (TPSA) is 29.9 Å². The smallest absolute Gasteiger partial charge is 0.127 e. The number of fused-ring (bicyclic) bond motifs is 1. The first-order valence-electron chi connectivity index (χ1n) is 6.38. The van der Waals surface area contributed by atoms with Crippen LogP contribution in [-0.4, -0.2) is 16.3 Å². The molecule has 0 aromatic carbocycles. The van der Waals surface area contributed by atoms with Gasteiger partial charge in [-0.3, -0.25) is 0 Å². The molecule has 0 radical (unpaired) electrons. The van der Waals surface area contributed by atoms with Crippen molar-refractivity contribution in [1.29, 1.82) is 0 Å². The van der Waals surface area contributed by atoms with Crippen LogP contribution in [0.4, 0.5) is 5.82 Å². The van der Waals surface area contributed by atoms with Gasteiger partial charge in [0.25, 0.3) is 0 Å². The number of aromatic nitrogens is 2. The molecule has 1 aromatic heterocycles. The minimum atomic E-state index is 0.149. The van der Waals surface area contributed by atoms with Crippen LogP contribution >= 0.6 is 0 Å². The second-order valence-corrected chi connectivity index (χ2v) is 5.63. The average Bonchev–Trinajstić information content (AvgIpc) is 2.41. The van der Waals surface area contributed by atoms with Crippen LogP contribution in [-0.2, 0) is 18.4 Å². The maximum absolute atomic E-state index is 4.78. The van der Waals surface area contributed by atoms with Crippen LogP contribution in [0.5, 0.6) is 0 Å². The predicted octanol–water partition coefficient (Wildman–Crippen LogP) is 2.95. The first-order chi connectivity index (χ1) is 7.54. The molecule has 90 valence electrons. The van der Waals surface area contributed by atoms with Crippen LogP contribution in [0.15, 0.2) is 0 Å². The van der Waals surface area contributed by atoms with E-state index in [1.807, 2.05) is 0 Å². The first-order valence-corrected chi connectivity index (χ1v) is 6.38. The van der Waals surface area contributed by atoms with Crippen molar-refractivity contribution < 1.29 is 0 Å². The molecule has 3 heteroatoms. The van der Waals surface area contributed by atoms with Gasteiger partial charge in [-0.2, -0.15) is 5.10 Å². The summed E-state index contributed by atoms with van der Waals surface area (Å²) in [5.74, 6) is 1.27. The highest BCUT2D eigenvalue weighted by Crippen LogP contribution is 2.32. The van der Waals surface area contributed by atoms with Crippen molar-refractivity contribution in [1.82, 2.24) is 9.78 Å². The molecule has 0 fully saturated rings. The van der Waals surface area contributed by atoms with Crippen molar-refractivity contribution in [3.05, 3.63) is 11.3 Å². The third-order valence-electron chi connectivity index (χ3n) is 3.21. The maximum Gasteiger partial charge on any atom is 0.127 e. The fourth-order valence-electron chi connectivity index (χ4n) is 2.40. The number of hydrogen-bond donors (Lipinski definition) is 1. The highest BCUT2D eigenvalue weighted by molar-refractivity contribution is 5.50. The first kappa shape index (κ1) is 11.5. The van der Waals surface area contributed by atoms with E-state index in [2.05, 4.69) is 37.7 Å². The SMILES string of the molecule is CCn1nc(C(C)(C)C)c2c1NCCCC2. The van der Waals surface area contributed by atoms with Gasteiger partial charge in [-0.1, -0.05) is 20.8 Å². The molecule has 0 saturated heterocycles. The lowest BCUT2D eigenvalue weighted by Gasteiger charge is -2.17. The monoisotopic (exact) mass is 221 g/mol.